The Hall–Kier alpha value is -6.39. The highest BCUT2D eigenvalue weighted by Crippen LogP contribution is 2.41. The Morgan fingerprint density at radius 2 is 1.17 bits per heavy atom. The number of benzene rings is 6. The monoisotopic (exact) mass is 599 g/mol. The van der Waals surface area contributed by atoms with E-state index in [-0.39, 0.29) is 0 Å². The van der Waals surface area contributed by atoms with Gasteiger partial charge in [-0.1, -0.05) is 84.9 Å². The van der Waals surface area contributed by atoms with Crippen molar-refractivity contribution < 1.29 is 4.42 Å². The molecule has 218 valence electrons. The van der Waals surface area contributed by atoms with Crippen LogP contribution in [0.3, 0.4) is 0 Å². The normalized spacial score (nSPS) is 11.8. The Balaban J connectivity index is 1.20. The number of rotatable bonds is 3. The van der Waals surface area contributed by atoms with E-state index in [0.29, 0.717) is 0 Å². The molecule has 47 heavy (non-hydrogen) atoms. The van der Waals surface area contributed by atoms with Crippen molar-refractivity contribution in [2.45, 2.75) is 0 Å². The lowest BCUT2D eigenvalue weighted by molar-refractivity contribution is 0.672. The second kappa shape index (κ2) is 10.1. The van der Waals surface area contributed by atoms with Gasteiger partial charge in [0.1, 0.15) is 11.2 Å². The molecular weight excluding hydrogens is 574 g/mol. The number of para-hydroxylation sites is 1. The van der Waals surface area contributed by atoms with Gasteiger partial charge in [0.05, 0.1) is 16.6 Å². The number of hydrogen-bond acceptors (Lipinski definition) is 4. The molecule has 4 heteroatoms. The molecule has 0 aliphatic carbocycles. The minimum Gasteiger partial charge on any atom is -0.455 e. The number of hydrogen-bond donors (Lipinski definition) is 0. The number of fused-ring (bicyclic) bond motifs is 9. The molecule has 0 saturated heterocycles. The van der Waals surface area contributed by atoms with E-state index >= 15 is 0 Å². The molecule has 0 atom stereocenters. The molecule has 0 radical (unpaired) electrons. The van der Waals surface area contributed by atoms with Crippen molar-refractivity contribution in [2.24, 2.45) is 0 Å². The van der Waals surface area contributed by atoms with Gasteiger partial charge in [-0.3, -0.25) is 15.0 Å². The van der Waals surface area contributed by atoms with Crippen LogP contribution in [0, 0.1) is 0 Å². The van der Waals surface area contributed by atoms with Crippen molar-refractivity contribution >= 4 is 65.4 Å². The molecule has 0 fully saturated rings. The average Bonchev–Trinajstić information content (AvgIpc) is 3.53. The summed E-state index contributed by atoms with van der Waals surface area (Å²) in [5.74, 6) is 0. The van der Waals surface area contributed by atoms with Crippen LogP contribution in [0.1, 0.15) is 0 Å². The molecule has 10 aromatic rings. The molecule has 4 nitrogen and oxygen atoms in total. The van der Waals surface area contributed by atoms with Gasteiger partial charge in [-0.2, -0.15) is 0 Å². The van der Waals surface area contributed by atoms with Crippen LogP contribution < -0.4 is 0 Å². The van der Waals surface area contributed by atoms with Crippen molar-refractivity contribution in [1.82, 2.24) is 15.0 Å². The Morgan fingerprint density at radius 3 is 2.15 bits per heavy atom. The van der Waals surface area contributed by atoms with Crippen LogP contribution in [0.2, 0.25) is 0 Å². The maximum atomic E-state index is 6.46. The zero-order chi connectivity index (χ0) is 30.9. The van der Waals surface area contributed by atoms with Gasteiger partial charge < -0.3 is 4.42 Å². The van der Waals surface area contributed by atoms with Gasteiger partial charge in [-0.25, -0.2) is 0 Å². The molecule has 6 aromatic carbocycles. The van der Waals surface area contributed by atoms with Crippen molar-refractivity contribution in [3.63, 3.8) is 0 Å². The van der Waals surface area contributed by atoms with E-state index in [1.54, 1.807) is 0 Å². The number of nitrogens with zero attached hydrogens (tertiary/aromatic N) is 3. The summed E-state index contributed by atoms with van der Waals surface area (Å²) in [6.07, 6.45) is 5.77. The smallest absolute Gasteiger partial charge is 0.143 e. The van der Waals surface area contributed by atoms with Crippen LogP contribution >= 0.6 is 0 Å². The zero-order valence-electron chi connectivity index (χ0n) is 25.2. The molecule has 0 amide bonds. The Morgan fingerprint density at radius 1 is 0.404 bits per heavy atom. The Labute approximate surface area is 269 Å². The number of aromatic nitrogens is 3. The van der Waals surface area contributed by atoms with E-state index in [2.05, 4.69) is 120 Å². The van der Waals surface area contributed by atoms with Crippen molar-refractivity contribution in [3.8, 4) is 33.4 Å². The summed E-state index contributed by atoms with van der Waals surface area (Å²) in [6, 6.07) is 47.0. The van der Waals surface area contributed by atoms with E-state index in [1.165, 1.54) is 5.39 Å². The van der Waals surface area contributed by atoms with E-state index < -0.39 is 0 Å². The summed E-state index contributed by atoms with van der Waals surface area (Å²) >= 11 is 0. The first kappa shape index (κ1) is 25.9. The summed E-state index contributed by atoms with van der Waals surface area (Å²) in [5, 5.41) is 7.77. The molecule has 4 aromatic heterocycles. The molecule has 0 bridgehead atoms. The van der Waals surface area contributed by atoms with E-state index in [1.807, 2.05) is 36.8 Å². The quantitative estimate of drug-likeness (QED) is 0.190. The molecule has 0 aliphatic heterocycles. The largest absolute Gasteiger partial charge is 0.455 e. The van der Waals surface area contributed by atoms with Crippen LogP contribution in [0.25, 0.3) is 98.8 Å². The first-order valence-corrected chi connectivity index (χ1v) is 15.7. The van der Waals surface area contributed by atoms with Crippen LogP contribution in [-0.2, 0) is 0 Å². The fraction of sp³-hybridized carbons (Fsp3) is 0. The van der Waals surface area contributed by atoms with Crippen molar-refractivity contribution in [1.29, 1.82) is 0 Å². The minimum absolute atomic E-state index is 0.878. The first-order valence-electron chi connectivity index (χ1n) is 15.7. The molecule has 0 saturated carbocycles. The van der Waals surface area contributed by atoms with Gasteiger partial charge in [-0.15, -0.1) is 0 Å². The molecule has 10 rings (SSSR count). The van der Waals surface area contributed by atoms with Gasteiger partial charge in [0.15, 0.2) is 0 Å². The van der Waals surface area contributed by atoms with Crippen molar-refractivity contribution in [2.75, 3.05) is 0 Å². The summed E-state index contributed by atoms with van der Waals surface area (Å²) in [6.45, 7) is 0. The van der Waals surface area contributed by atoms with Gasteiger partial charge >= 0.3 is 0 Å². The first-order chi connectivity index (χ1) is 23.3. The fourth-order valence-corrected chi connectivity index (χ4v) is 7.00. The lowest BCUT2D eigenvalue weighted by atomic mass is 9.90. The third-order valence-electron chi connectivity index (χ3n) is 9.35. The molecule has 0 unspecified atom stereocenters. The maximum Gasteiger partial charge on any atom is 0.143 e. The highest BCUT2D eigenvalue weighted by molar-refractivity contribution is 6.16. The lowest BCUT2D eigenvalue weighted by Gasteiger charge is -2.14. The standard InChI is InChI=1S/C43H25N3O/c1-3-9-35-26(6-1)13-17-36-38-23-29(15-18-40(38)47-43(35)36)37-22-28(32-20-30-7-2-4-10-39(30)45-24-32)14-16-34(37)33-21-31-12-11-27-8-5-19-44-41(27)42(31)46-25-33/h1-25H. The SMILES string of the molecule is c1ccc2ncc(-c3ccc(-c4cnc5c(ccc6cccnc65)c4)c(-c4ccc5oc6c7ccccc7ccc6c5c4)c3)cc2c1. The summed E-state index contributed by atoms with van der Waals surface area (Å²) in [4.78, 5) is 14.4. The third-order valence-corrected chi connectivity index (χ3v) is 9.35. The second-order valence-electron chi connectivity index (χ2n) is 12.1. The third kappa shape index (κ3) is 4.12. The zero-order valence-corrected chi connectivity index (χ0v) is 25.2. The van der Waals surface area contributed by atoms with Gasteiger partial charge in [0.25, 0.3) is 0 Å². The highest BCUT2D eigenvalue weighted by atomic mass is 16.3. The lowest BCUT2D eigenvalue weighted by Crippen LogP contribution is -1.91. The Kier molecular flexibility index (Phi) is 5.54. The topological polar surface area (TPSA) is 51.8 Å². The van der Waals surface area contributed by atoms with E-state index in [9.17, 15) is 0 Å². The van der Waals surface area contributed by atoms with Crippen LogP contribution in [0.15, 0.2) is 156 Å². The van der Waals surface area contributed by atoms with Gasteiger partial charge in [0, 0.05) is 62.0 Å². The Bertz CT molecular complexity index is 2870. The summed E-state index contributed by atoms with van der Waals surface area (Å²) < 4.78 is 6.46. The van der Waals surface area contributed by atoms with Gasteiger partial charge in [0.2, 0.25) is 0 Å². The average molecular weight is 600 g/mol. The highest BCUT2D eigenvalue weighted by Gasteiger charge is 2.16. The van der Waals surface area contributed by atoms with Crippen LogP contribution in [0.4, 0.5) is 0 Å². The van der Waals surface area contributed by atoms with Crippen LogP contribution in [0.5, 0.6) is 0 Å². The number of furan rings is 1. The van der Waals surface area contributed by atoms with Gasteiger partial charge in [-0.05, 0) is 76.2 Å². The maximum absolute atomic E-state index is 6.46. The second-order valence-corrected chi connectivity index (χ2v) is 12.1. The summed E-state index contributed by atoms with van der Waals surface area (Å²) in [5.41, 5.74) is 11.2. The van der Waals surface area contributed by atoms with E-state index in [0.717, 1.165) is 93.4 Å². The molecule has 0 N–H and O–H groups in total. The molecule has 4 heterocycles. The molecular formula is C43H25N3O. The summed E-state index contributed by atoms with van der Waals surface area (Å²) in [7, 11) is 0. The molecule has 0 spiro atoms. The minimum atomic E-state index is 0.878. The van der Waals surface area contributed by atoms with Crippen LogP contribution in [-0.4, -0.2) is 15.0 Å². The predicted molar refractivity (Wildman–Crippen MR) is 193 cm³/mol. The fourth-order valence-electron chi connectivity index (χ4n) is 7.00. The molecule has 0 aliphatic rings. The van der Waals surface area contributed by atoms with E-state index in [4.69, 9.17) is 14.4 Å². The predicted octanol–water partition coefficient (Wildman–Crippen LogP) is 11.4. The van der Waals surface area contributed by atoms with Crippen molar-refractivity contribution in [3.05, 3.63) is 152 Å². The number of pyridine rings is 3.